The van der Waals surface area contributed by atoms with Gasteiger partial charge in [-0.1, -0.05) is 0 Å². The summed E-state index contributed by atoms with van der Waals surface area (Å²) in [6.07, 6.45) is 0.397. The van der Waals surface area contributed by atoms with Crippen LogP contribution in [-0.2, 0) is 4.79 Å². The molecule has 0 saturated heterocycles. The molecule has 12 heavy (non-hydrogen) atoms. The Morgan fingerprint density at radius 1 is 1.33 bits per heavy atom. The molecule has 6 nitrogen and oxygen atoms in total. The lowest BCUT2D eigenvalue weighted by atomic mass is 10.3. The quantitative estimate of drug-likeness (QED) is 0.300. The van der Waals surface area contributed by atoms with E-state index >= 15 is 0 Å². The molecule has 72 valence electrons. The molecule has 0 heterocycles. The standard InChI is InChI=1S/C6H13NO5/c8-3-1-2-5(9)7-4-6(10,11)12/h8,10-12H,1-4H2,(H,7,9). The van der Waals surface area contributed by atoms with Gasteiger partial charge < -0.3 is 25.7 Å². The normalized spacial score (nSPS) is 11.3. The SMILES string of the molecule is O=C(CCCO)NCC(O)(O)O. The second kappa shape index (κ2) is 5.04. The maximum absolute atomic E-state index is 10.7. The van der Waals surface area contributed by atoms with E-state index in [1.807, 2.05) is 0 Å². The number of carbonyl (C=O) groups excluding carboxylic acids is 1. The van der Waals surface area contributed by atoms with E-state index < -0.39 is 18.4 Å². The zero-order valence-electron chi connectivity index (χ0n) is 6.53. The summed E-state index contributed by atoms with van der Waals surface area (Å²) in [5, 5.41) is 35.4. The molecule has 1 amide bonds. The molecule has 0 aliphatic rings. The molecule has 0 radical (unpaired) electrons. The van der Waals surface area contributed by atoms with Gasteiger partial charge in [0.25, 0.3) is 5.97 Å². The van der Waals surface area contributed by atoms with Crippen molar-refractivity contribution in [2.75, 3.05) is 13.2 Å². The van der Waals surface area contributed by atoms with Crippen LogP contribution in [0.3, 0.4) is 0 Å². The predicted octanol–water partition coefficient (Wildman–Crippen LogP) is -2.49. The molecular weight excluding hydrogens is 166 g/mol. The number of amides is 1. The summed E-state index contributed by atoms with van der Waals surface area (Å²) in [6, 6.07) is 0. The lowest BCUT2D eigenvalue weighted by Crippen LogP contribution is -2.42. The number of nitrogens with one attached hydrogen (secondary N) is 1. The van der Waals surface area contributed by atoms with Gasteiger partial charge in [-0.3, -0.25) is 4.79 Å². The van der Waals surface area contributed by atoms with Crippen LogP contribution in [0, 0.1) is 0 Å². The van der Waals surface area contributed by atoms with Crippen molar-refractivity contribution in [2.24, 2.45) is 0 Å². The van der Waals surface area contributed by atoms with Crippen LogP contribution in [0.1, 0.15) is 12.8 Å². The summed E-state index contributed by atoms with van der Waals surface area (Å²) in [4.78, 5) is 10.7. The van der Waals surface area contributed by atoms with Crippen LogP contribution in [0.4, 0.5) is 0 Å². The Kier molecular flexibility index (Phi) is 4.75. The van der Waals surface area contributed by atoms with E-state index in [0.717, 1.165) is 0 Å². The number of hydrogen-bond acceptors (Lipinski definition) is 5. The minimum Gasteiger partial charge on any atom is -0.396 e. The topological polar surface area (TPSA) is 110 Å². The van der Waals surface area contributed by atoms with Crippen molar-refractivity contribution in [2.45, 2.75) is 18.8 Å². The molecule has 5 N–H and O–H groups in total. The van der Waals surface area contributed by atoms with Crippen molar-refractivity contribution >= 4 is 5.91 Å². The van der Waals surface area contributed by atoms with Crippen molar-refractivity contribution in [3.63, 3.8) is 0 Å². The van der Waals surface area contributed by atoms with Gasteiger partial charge in [0.1, 0.15) is 0 Å². The van der Waals surface area contributed by atoms with Gasteiger partial charge >= 0.3 is 0 Å². The molecule has 6 heteroatoms. The van der Waals surface area contributed by atoms with Gasteiger partial charge in [-0.2, -0.15) is 0 Å². The highest BCUT2D eigenvalue weighted by Crippen LogP contribution is 1.91. The van der Waals surface area contributed by atoms with Crippen molar-refractivity contribution in [3.05, 3.63) is 0 Å². The van der Waals surface area contributed by atoms with Crippen LogP contribution < -0.4 is 5.32 Å². The van der Waals surface area contributed by atoms with E-state index in [9.17, 15) is 4.79 Å². The number of carbonyl (C=O) groups is 1. The predicted molar refractivity (Wildman–Crippen MR) is 38.7 cm³/mol. The summed E-state index contributed by atoms with van der Waals surface area (Å²) in [5.74, 6) is -3.32. The van der Waals surface area contributed by atoms with E-state index in [1.165, 1.54) is 0 Å². The Hall–Kier alpha value is -0.690. The summed E-state index contributed by atoms with van der Waals surface area (Å²) in [7, 11) is 0. The van der Waals surface area contributed by atoms with E-state index in [0.29, 0.717) is 6.42 Å². The summed E-state index contributed by atoms with van der Waals surface area (Å²) in [5.41, 5.74) is 0. The van der Waals surface area contributed by atoms with Gasteiger partial charge in [-0.15, -0.1) is 0 Å². The lowest BCUT2D eigenvalue weighted by Gasteiger charge is -2.14. The average molecular weight is 179 g/mol. The maximum Gasteiger partial charge on any atom is 0.293 e. The van der Waals surface area contributed by atoms with Crippen LogP contribution in [0.5, 0.6) is 0 Å². The second-order valence-electron chi connectivity index (χ2n) is 2.38. The van der Waals surface area contributed by atoms with E-state index in [-0.39, 0.29) is 13.0 Å². The van der Waals surface area contributed by atoms with Crippen LogP contribution in [-0.4, -0.2) is 45.5 Å². The van der Waals surface area contributed by atoms with Gasteiger partial charge in [-0.25, -0.2) is 0 Å². The molecule has 0 bridgehead atoms. The maximum atomic E-state index is 10.7. The fraction of sp³-hybridized carbons (Fsp3) is 0.833. The van der Waals surface area contributed by atoms with Gasteiger partial charge in [-0.05, 0) is 6.42 Å². The Morgan fingerprint density at radius 3 is 2.33 bits per heavy atom. The molecule has 0 unspecified atom stereocenters. The third-order valence-electron chi connectivity index (χ3n) is 1.08. The first-order valence-electron chi connectivity index (χ1n) is 3.50. The Bertz CT molecular complexity index is 141. The van der Waals surface area contributed by atoms with Gasteiger partial charge in [0.05, 0.1) is 6.54 Å². The summed E-state index contributed by atoms with van der Waals surface area (Å²) < 4.78 is 0. The van der Waals surface area contributed by atoms with Crippen LogP contribution in [0.2, 0.25) is 0 Å². The molecule has 0 aromatic carbocycles. The van der Waals surface area contributed by atoms with E-state index in [4.69, 9.17) is 20.4 Å². The lowest BCUT2D eigenvalue weighted by molar-refractivity contribution is -0.305. The first kappa shape index (κ1) is 11.3. The van der Waals surface area contributed by atoms with Crippen molar-refractivity contribution in [1.82, 2.24) is 5.32 Å². The Labute approximate surface area is 69.5 Å². The summed E-state index contributed by atoms with van der Waals surface area (Å²) >= 11 is 0. The number of aliphatic hydroxyl groups excluding tert-OH is 1. The molecule has 0 spiro atoms. The second-order valence-corrected chi connectivity index (χ2v) is 2.38. The third-order valence-corrected chi connectivity index (χ3v) is 1.08. The first-order valence-corrected chi connectivity index (χ1v) is 3.50. The van der Waals surface area contributed by atoms with Gasteiger partial charge in [0, 0.05) is 13.0 Å². The zero-order valence-corrected chi connectivity index (χ0v) is 6.53. The largest absolute Gasteiger partial charge is 0.396 e. The van der Waals surface area contributed by atoms with Crippen molar-refractivity contribution in [3.8, 4) is 0 Å². The van der Waals surface area contributed by atoms with Crippen LogP contribution >= 0.6 is 0 Å². The van der Waals surface area contributed by atoms with Crippen LogP contribution in [0.15, 0.2) is 0 Å². The first-order chi connectivity index (χ1) is 5.45. The van der Waals surface area contributed by atoms with Crippen LogP contribution in [0.25, 0.3) is 0 Å². The molecule has 0 aliphatic heterocycles. The molecule has 0 rings (SSSR count). The number of hydrogen-bond donors (Lipinski definition) is 5. The summed E-state index contributed by atoms with van der Waals surface area (Å²) in [6.45, 7) is -0.743. The zero-order chi connectivity index (χ0) is 9.61. The Balaban J connectivity index is 3.44. The molecule has 0 aliphatic carbocycles. The van der Waals surface area contributed by atoms with E-state index in [1.54, 1.807) is 0 Å². The fourth-order valence-electron chi connectivity index (χ4n) is 0.545. The fourth-order valence-corrected chi connectivity index (χ4v) is 0.545. The highest BCUT2D eigenvalue weighted by atomic mass is 16.7. The number of rotatable bonds is 5. The Morgan fingerprint density at radius 2 is 1.92 bits per heavy atom. The smallest absolute Gasteiger partial charge is 0.293 e. The third kappa shape index (κ3) is 7.42. The number of aliphatic hydroxyl groups is 4. The molecule has 0 aromatic rings. The molecule has 0 fully saturated rings. The average Bonchev–Trinajstić information content (AvgIpc) is 1.95. The molecule has 0 atom stereocenters. The minimum atomic E-state index is -2.87. The van der Waals surface area contributed by atoms with Gasteiger partial charge in [0.15, 0.2) is 0 Å². The monoisotopic (exact) mass is 179 g/mol. The van der Waals surface area contributed by atoms with Crippen molar-refractivity contribution in [1.29, 1.82) is 0 Å². The van der Waals surface area contributed by atoms with Gasteiger partial charge in [0.2, 0.25) is 5.91 Å². The highest BCUT2D eigenvalue weighted by Gasteiger charge is 2.18. The highest BCUT2D eigenvalue weighted by molar-refractivity contribution is 5.75. The minimum absolute atomic E-state index is 0.0899. The molecular formula is C6H13NO5. The van der Waals surface area contributed by atoms with E-state index in [2.05, 4.69) is 5.32 Å². The van der Waals surface area contributed by atoms with Crippen molar-refractivity contribution < 1.29 is 25.2 Å². The molecule has 0 aromatic heterocycles. The molecule has 0 saturated carbocycles.